The number of aliphatic imine (C=N–C) groups is 1. The Labute approximate surface area is 295 Å². The van der Waals surface area contributed by atoms with E-state index >= 15 is 0 Å². The lowest BCUT2D eigenvalue weighted by atomic mass is 9.80. The average Bonchev–Trinajstić information content (AvgIpc) is 3.84. The second-order valence-electron chi connectivity index (χ2n) is 13.7. The second-order valence-corrected chi connectivity index (χ2v) is 13.7. The highest BCUT2D eigenvalue weighted by Gasteiger charge is 2.30. The van der Waals surface area contributed by atoms with Crippen LogP contribution < -0.4 is 21.3 Å². The van der Waals surface area contributed by atoms with E-state index in [4.69, 9.17) is 16.2 Å². The largest absolute Gasteiger partial charge is 0.875 e. The third-order valence-corrected chi connectivity index (χ3v) is 10.0. The van der Waals surface area contributed by atoms with Gasteiger partial charge < -0.3 is 31.5 Å². The van der Waals surface area contributed by atoms with Gasteiger partial charge in [0.2, 0.25) is 0 Å². The smallest absolute Gasteiger partial charge is 0.161 e. The Morgan fingerprint density at radius 3 is 2.36 bits per heavy atom. The lowest BCUT2D eigenvalue weighted by Crippen LogP contribution is -2.20. The molecule has 8 nitrogen and oxygen atoms in total. The molecule has 1 aliphatic carbocycles. The molecule has 2 aliphatic rings. The number of phenolic OH excluding ortho intramolecular Hbond substituents is 2. The van der Waals surface area contributed by atoms with E-state index in [0.717, 1.165) is 28.7 Å². The fourth-order valence-electron chi connectivity index (χ4n) is 6.99. The van der Waals surface area contributed by atoms with Crippen LogP contribution >= 0.6 is 0 Å². The third kappa shape index (κ3) is 9.73. The summed E-state index contributed by atoms with van der Waals surface area (Å²) < 4.78 is 6.02. The Hall–Kier alpha value is -4.66. The standard InChI is InChI=1S/C42H51N3O5/c1-2-3-19-42(20-4-5-21-42)22-16-34(46)13-6-29-8-15-38(48)40(26-29)50-24-18-30-7-14-37(47)36(25-30)35(27-39(49)33-17-23-45-28-33)31-9-11-32(12-10-31)41(43)44/h7-12,14-17,22-23,25-26,28,35,41,47-49H,2-6,13,18-21,24,27,43-44H2,1H3/p-1. The minimum Gasteiger partial charge on any atom is -0.875 e. The number of rotatable bonds is 17. The molecule has 1 fully saturated rings. The van der Waals surface area contributed by atoms with E-state index in [1.807, 2.05) is 42.5 Å². The summed E-state index contributed by atoms with van der Waals surface area (Å²) in [6.45, 7) is 2.49. The SMILES string of the molecule is CCCCC1(C=CC(=O)CCc2ccc(O)c(OCCc3ccc(O)c(C(CC([O-])=C4C=CN=C4)c4ccc(C(N)N)cc4)c3)c2)CCCC1. The number of hydrogen-bond donors (Lipinski definition) is 4. The fourth-order valence-corrected chi connectivity index (χ4v) is 6.99. The minimum absolute atomic E-state index is 0.0340. The van der Waals surface area contributed by atoms with Crippen LogP contribution in [0, 0.1) is 5.41 Å². The normalized spacial score (nSPS) is 16.8. The van der Waals surface area contributed by atoms with Crippen LogP contribution in [-0.4, -0.2) is 28.8 Å². The summed E-state index contributed by atoms with van der Waals surface area (Å²) in [5.41, 5.74) is 16.5. The van der Waals surface area contributed by atoms with Crippen LogP contribution in [0.15, 0.2) is 101 Å². The highest BCUT2D eigenvalue weighted by Crippen LogP contribution is 2.43. The van der Waals surface area contributed by atoms with Crippen LogP contribution in [0.25, 0.3) is 0 Å². The lowest BCUT2D eigenvalue weighted by molar-refractivity contribution is -0.307. The van der Waals surface area contributed by atoms with Crippen molar-refractivity contribution in [2.24, 2.45) is 21.9 Å². The van der Waals surface area contributed by atoms with Crippen LogP contribution in [0.2, 0.25) is 0 Å². The molecule has 6 N–H and O–H groups in total. The van der Waals surface area contributed by atoms with E-state index in [9.17, 15) is 20.1 Å². The van der Waals surface area contributed by atoms with Gasteiger partial charge in [-0.05, 0) is 95.7 Å². The molecule has 3 aromatic rings. The van der Waals surface area contributed by atoms with Gasteiger partial charge in [-0.3, -0.25) is 9.79 Å². The average molecular weight is 677 g/mol. The molecule has 0 saturated heterocycles. The summed E-state index contributed by atoms with van der Waals surface area (Å²) in [6.07, 6.45) is 18.1. The summed E-state index contributed by atoms with van der Waals surface area (Å²) in [7, 11) is 0. The van der Waals surface area contributed by atoms with Gasteiger partial charge in [-0.25, -0.2) is 0 Å². The first kappa shape index (κ1) is 36.6. The van der Waals surface area contributed by atoms with Crippen LogP contribution in [0.1, 0.15) is 105 Å². The number of aryl methyl sites for hydroxylation is 1. The molecule has 0 amide bonds. The van der Waals surface area contributed by atoms with Crippen LogP contribution in [0.4, 0.5) is 0 Å². The summed E-state index contributed by atoms with van der Waals surface area (Å²) >= 11 is 0. The molecule has 3 aromatic carbocycles. The molecule has 0 spiro atoms. The molecule has 1 unspecified atom stereocenters. The Balaban J connectivity index is 1.23. The topological polar surface area (TPSA) is 154 Å². The Kier molecular flexibility index (Phi) is 12.7. The number of aromatic hydroxyl groups is 2. The van der Waals surface area contributed by atoms with Crippen molar-refractivity contribution in [1.82, 2.24) is 0 Å². The lowest BCUT2D eigenvalue weighted by Gasteiger charge is -2.25. The number of unbranched alkanes of at least 4 members (excludes halogenated alkanes) is 1. The monoisotopic (exact) mass is 676 g/mol. The first-order valence-electron chi connectivity index (χ1n) is 17.9. The molecule has 5 rings (SSSR count). The number of nitrogens with two attached hydrogens (primary N) is 2. The fraction of sp³-hybridized carbons (Fsp3) is 0.381. The first-order chi connectivity index (χ1) is 24.2. The number of carbonyl (C=O) groups is 1. The maximum absolute atomic E-state index is 13.2. The first-order valence-corrected chi connectivity index (χ1v) is 17.9. The molecule has 264 valence electrons. The van der Waals surface area contributed by atoms with Crippen molar-refractivity contribution in [2.75, 3.05) is 6.61 Å². The summed E-state index contributed by atoms with van der Waals surface area (Å²) in [6, 6.07) is 18.0. The number of carbonyl (C=O) groups excluding carboxylic acids is 1. The number of allylic oxidation sites excluding steroid dienone is 5. The highest BCUT2D eigenvalue weighted by atomic mass is 16.5. The zero-order valence-electron chi connectivity index (χ0n) is 29.0. The Morgan fingerprint density at radius 2 is 1.68 bits per heavy atom. The van der Waals surface area contributed by atoms with Crippen molar-refractivity contribution in [2.45, 2.75) is 89.6 Å². The number of phenols is 2. The Bertz CT molecular complexity index is 1720. The van der Waals surface area contributed by atoms with Gasteiger partial charge >= 0.3 is 0 Å². The van der Waals surface area contributed by atoms with Crippen LogP contribution in [-0.2, 0) is 17.6 Å². The van der Waals surface area contributed by atoms with Crippen molar-refractivity contribution in [3.05, 3.63) is 124 Å². The van der Waals surface area contributed by atoms with Gasteiger partial charge in [0.25, 0.3) is 0 Å². The quantitative estimate of drug-likeness (QED) is 0.0671. The molecule has 0 aromatic heterocycles. The maximum Gasteiger partial charge on any atom is 0.161 e. The molecular formula is C42H50N3O5-. The van der Waals surface area contributed by atoms with Gasteiger partial charge in [0, 0.05) is 36.7 Å². The molecule has 1 saturated carbocycles. The van der Waals surface area contributed by atoms with E-state index in [0.29, 0.717) is 36.1 Å². The maximum atomic E-state index is 13.2. The molecule has 8 heteroatoms. The number of hydrogen-bond acceptors (Lipinski definition) is 8. The van der Waals surface area contributed by atoms with E-state index in [1.54, 1.807) is 42.8 Å². The summed E-state index contributed by atoms with van der Waals surface area (Å²) in [4.78, 5) is 16.8. The van der Waals surface area contributed by atoms with E-state index in [2.05, 4.69) is 18.0 Å². The van der Waals surface area contributed by atoms with Gasteiger partial charge in [0.15, 0.2) is 17.3 Å². The zero-order valence-corrected chi connectivity index (χ0v) is 29.0. The van der Waals surface area contributed by atoms with E-state index in [-0.39, 0.29) is 41.5 Å². The summed E-state index contributed by atoms with van der Waals surface area (Å²) in [5, 5.41) is 34.7. The highest BCUT2D eigenvalue weighted by molar-refractivity contribution is 5.89. The van der Waals surface area contributed by atoms with Gasteiger partial charge in [0.05, 0.1) is 12.8 Å². The second kappa shape index (κ2) is 17.3. The van der Waals surface area contributed by atoms with Gasteiger partial charge in [-0.1, -0.05) is 81.1 Å². The van der Waals surface area contributed by atoms with Crippen LogP contribution in [0.5, 0.6) is 17.2 Å². The molecule has 0 bridgehead atoms. The number of ketones is 1. The van der Waals surface area contributed by atoms with E-state index < -0.39 is 12.1 Å². The summed E-state index contributed by atoms with van der Waals surface area (Å²) in [5.74, 6) is 0.0851. The van der Waals surface area contributed by atoms with Gasteiger partial charge in [-0.15, -0.1) is 5.76 Å². The van der Waals surface area contributed by atoms with Crippen molar-refractivity contribution in [3.63, 3.8) is 0 Å². The predicted molar refractivity (Wildman–Crippen MR) is 197 cm³/mol. The molecule has 1 atom stereocenters. The predicted octanol–water partition coefficient (Wildman–Crippen LogP) is 7.18. The minimum atomic E-state index is -0.620. The van der Waals surface area contributed by atoms with Crippen LogP contribution in [0.3, 0.4) is 0 Å². The molecule has 1 heterocycles. The van der Waals surface area contributed by atoms with E-state index in [1.165, 1.54) is 38.5 Å². The van der Waals surface area contributed by atoms with Crippen molar-refractivity contribution in [3.8, 4) is 17.2 Å². The molecule has 50 heavy (non-hydrogen) atoms. The molecular weight excluding hydrogens is 626 g/mol. The van der Waals surface area contributed by atoms with Gasteiger partial charge in [0.1, 0.15) is 5.75 Å². The number of benzene rings is 3. The molecule has 0 radical (unpaired) electrons. The van der Waals surface area contributed by atoms with Gasteiger partial charge in [-0.2, -0.15) is 0 Å². The van der Waals surface area contributed by atoms with Crippen molar-refractivity contribution >= 4 is 12.0 Å². The molecule has 1 aliphatic heterocycles. The number of nitrogens with zero attached hydrogens (tertiary/aromatic N) is 1. The Morgan fingerprint density at radius 1 is 0.980 bits per heavy atom. The third-order valence-electron chi connectivity index (χ3n) is 10.0. The van der Waals surface area contributed by atoms with Crippen molar-refractivity contribution < 1.29 is 24.9 Å². The van der Waals surface area contributed by atoms with Crippen molar-refractivity contribution in [1.29, 1.82) is 0 Å². The zero-order chi connectivity index (χ0) is 35.5. The number of ether oxygens (including phenoxy) is 1.